The van der Waals surface area contributed by atoms with Gasteiger partial charge in [0.25, 0.3) is 0 Å². The first-order chi connectivity index (χ1) is 69.7. The number of aliphatic carboxylic acids is 3. The number of fused-ring (bicyclic) bond motifs is 32. The van der Waals surface area contributed by atoms with Gasteiger partial charge in [0.2, 0.25) is 5.24 Å². The number of carbonyl (C=O) groups is 9. The van der Waals surface area contributed by atoms with E-state index in [1.165, 1.54) is 30.9 Å². The van der Waals surface area contributed by atoms with Gasteiger partial charge in [-0.1, -0.05) is 181 Å². The summed E-state index contributed by atoms with van der Waals surface area (Å²) in [4.78, 5) is 144. The molecule has 4 heterocycles. The lowest BCUT2D eigenvalue weighted by Crippen LogP contribution is -2.66. The fourth-order valence-electron chi connectivity index (χ4n) is 42.2. The molecular weight excluding hydrogens is 1920 g/mol. The minimum Gasteiger partial charge on any atom is -0.481 e. The Labute approximate surface area is 891 Å². The lowest BCUT2D eigenvalue weighted by molar-refractivity contribution is -0.375. The van der Waals surface area contributed by atoms with Crippen molar-refractivity contribution in [1.82, 2.24) is 20.6 Å². The quantitative estimate of drug-likeness (QED) is 0.0496. The molecule has 0 amide bonds. The van der Waals surface area contributed by atoms with E-state index in [-0.39, 0.29) is 193 Å². The first kappa shape index (κ1) is 108. The number of aliphatic hydroxyl groups excluding tert-OH is 1. The summed E-state index contributed by atoms with van der Waals surface area (Å²) in [6, 6.07) is 0. The van der Waals surface area contributed by atoms with Gasteiger partial charge in [-0.15, -0.1) is 0 Å². The van der Waals surface area contributed by atoms with E-state index in [0.29, 0.717) is 56.5 Å². The summed E-state index contributed by atoms with van der Waals surface area (Å²) in [7, 11) is 3.06. The van der Waals surface area contributed by atoms with Gasteiger partial charge in [0, 0.05) is 63.2 Å². The number of allylic oxidation sites excluding steroid dienone is 8. The molecular formula is C124H169ClN4O21. The number of hydrogen-bond donors (Lipinski definition) is 4. The Balaban J connectivity index is 0.000000117. The van der Waals surface area contributed by atoms with Crippen molar-refractivity contribution < 1.29 is 101 Å². The van der Waals surface area contributed by atoms with Crippen LogP contribution in [0.4, 0.5) is 0 Å². The molecule has 25 nitrogen and oxygen atoms in total. The highest BCUT2D eigenvalue weighted by Crippen LogP contribution is 2.83. The standard InChI is InChI=1S/C31H42ClNO5.C31H43NO6.C31H43NO5.C31H41NO5/c1-26(2)10-12-31(25(32)35)13-11-29(5)23(19(31)16-26)20(34)14-22-27(3)15-18-17-33-37-24(18)30(6,38-36-7)21(27)8-9-28(22,29)4;1-26(2)10-12-31(25(34)35)13-11-29(5)23(19(31)16-26)20(33)14-22-27(3)15-18-17-32-37-24(18)30(6,38-36-7)21(27)8-9-28(22,29)4;2*1-26(2)9-11-31(25(35)36)12-10-30(6)23(19(31)15-26)20(34)13-22-27(3)14-18-16-32-37-24(18)28(4,17-33)21(27)7-8-29(22,30)5/h14,17,19,21,23H,8-13,15-16H2,1-7H3;14,17,19,21,23H,8-13,15-16H2,1-7H3,(H,34,35);13,16,19,21,23,33H,7-12,14-15,17H2,1-6H3,(H,35,36);13,16-17,19,21,23H,7-12,14-15H2,1-6H3,(H,35,36)/t2*19-,21+,23-,27-,28+,29+,30-,31-;2*19-,21+,23-,27-,28-,29+,30+,31-/m0000/s1. The maximum Gasteiger partial charge on any atom is 0.309 e. The molecule has 0 aliphatic heterocycles. The van der Waals surface area contributed by atoms with Crippen molar-refractivity contribution in [3.05, 3.63) is 117 Å². The maximum absolute atomic E-state index is 14.4. The van der Waals surface area contributed by atoms with Crippen LogP contribution in [0.15, 0.2) is 89.5 Å². The predicted molar refractivity (Wildman–Crippen MR) is 559 cm³/mol. The number of carboxylic acids is 3. The highest BCUT2D eigenvalue weighted by Gasteiger charge is 2.79. The fraction of sp³-hybridized carbons (Fsp3) is 0.766. The SMILES string of the molecule is CC1(C)CC[C@]2(C(=O)O)CC[C@]3(C)[C@H](C(=O)C=C4[C@@]5(C)Cc6cnoc6[C@@](C)(C=O)[C@@H]5CC[C@]43C)[C@@H]2C1.CC1(C)CC[C@]2(C(=O)O)CC[C@]3(C)[C@H](C(=O)C=C4[C@@]5(C)Cc6cnoc6[C@@](C)(CO)[C@@H]5CC[C@]43C)[C@@H]2C1.COO[C@]1(C)c2oncc2C[C@]2(C)C3=CC(=O)[C@@H]4[C@@H]5CC(C)(C)CC[C@]5(C(=O)Cl)CC[C@@]4(C)[C@]3(C)CC[C@H]21.COO[C@]1(C)c2oncc2C[C@]2(C)C3=CC(=O)[C@@H]4[C@@H]5CC(C)(C)CC[C@]5(C(=O)O)CC[C@@]4(C)[C@]3(C)CC[C@H]21. The lowest BCUT2D eigenvalue weighted by atomic mass is 9.34. The summed E-state index contributed by atoms with van der Waals surface area (Å²) in [5, 5.41) is 58.5. The third-order valence-corrected chi connectivity index (χ3v) is 51.4. The second kappa shape index (κ2) is 33.9. The van der Waals surface area contributed by atoms with Gasteiger partial charge in [-0.2, -0.15) is 0 Å². The van der Waals surface area contributed by atoms with Gasteiger partial charge in [-0.25, -0.2) is 19.6 Å². The molecule has 24 rings (SSSR count). The van der Waals surface area contributed by atoms with Crippen molar-refractivity contribution in [2.24, 2.45) is 179 Å². The number of ketones is 4. The van der Waals surface area contributed by atoms with Crippen LogP contribution in [-0.4, -0.2) is 114 Å². The Morgan fingerprint density at radius 2 is 0.593 bits per heavy atom. The maximum atomic E-state index is 14.4. The Morgan fingerprint density at radius 3 is 0.887 bits per heavy atom. The number of nitrogens with zero attached hydrogens (tertiary/aromatic N) is 4. The van der Waals surface area contributed by atoms with Crippen LogP contribution in [0.5, 0.6) is 0 Å². The lowest BCUT2D eigenvalue weighted by Gasteiger charge is -2.69. The van der Waals surface area contributed by atoms with E-state index >= 15 is 0 Å². The van der Waals surface area contributed by atoms with Crippen LogP contribution < -0.4 is 0 Å². The first-order valence-electron chi connectivity index (χ1n) is 57.0. The predicted octanol–water partition coefficient (Wildman–Crippen LogP) is 24.9. The van der Waals surface area contributed by atoms with E-state index in [1.807, 2.05) is 45.1 Å². The number of aldehydes is 1. The van der Waals surface area contributed by atoms with Crippen molar-refractivity contribution in [3.63, 3.8) is 0 Å². The third kappa shape index (κ3) is 13.9. The highest BCUT2D eigenvalue weighted by molar-refractivity contribution is 6.64. The largest absolute Gasteiger partial charge is 0.481 e. The fourth-order valence-corrected chi connectivity index (χ4v) is 42.6. The van der Waals surface area contributed by atoms with E-state index in [2.05, 4.69) is 166 Å². The molecule has 20 aliphatic rings. The van der Waals surface area contributed by atoms with Gasteiger partial charge in [-0.05, 0) is 391 Å². The summed E-state index contributed by atoms with van der Waals surface area (Å²) in [5.41, 5.74) is -0.456. The zero-order valence-electron chi connectivity index (χ0n) is 94.4. The van der Waals surface area contributed by atoms with Crippen molar-refractivity contribution in [1.29, 1.82) is 0 Å². The number of carboxylic acid groups (broad SMARTS) is 3. The van der Waals surface area contributed by atoms with Crippen LogP contribution in [0, 0.1) is 179 Å². The van der Waals surface area contributed by atoms with E-state index in [9.17, 15) is 63.6 Å². The van der Waals surface area contributed by atoms with Crippen LogP contribution in [0.2, 0.25) is 0 Å². The van der Waals surface area contributed by atoms with Crippen LogP contribution in [0.1, 0.15) is 391 Å². The monoisotopic (exact) mass is 2090 g/mol. The average molecular weight is 2090 g/mol. The van der Waals surface area contributed by atoms with Crippen LogP contribution in [0.25, 0.3) is 0 Å². The Hall–Kier alpha value is -7.68. The molecule has 20 aliphatic carbocycles. The number of aromatic nitrogens is 4. The first-order valence-corrected chi connectivity index (χ1v) is 57.4. The summed E-state index contributed by atoms with van der Waals surface area (Å²) in [6.07, 6.45) is 41.5. The van der Waals surface area contributed by atoms with Gasteiger partial charge in [-0.3, -0.25) is 38.4 Å². The molecule has 0 aromatic carbocycles. The van der Waals surface area contributed by atoms with Crippen molar-refractivity contribution in [2.75, 3.05) is 20.8 Å². The van der Waals surface area contributed by atoms with Crippen molar-refractivity contribution in [3.8, 4) is 0 Å². The van der Waals surface area contributed by atoms with Gasteiger partial charge < -0.3 is 43.3 Å². The number of carbonyl (C=O) groups excluding carboxylic acids is 6. The molecule has 150 heavy (non-hydrogen) atoms. The summed E-state index contributed by atoms with van der Waals surface area (Å²) < 4.78 is 22.8. The second-order valence-electron chi connectivity index (χ2n) is 59.6. The minimum atomic E-state index is -0.824. The molecule has 32 atom stereocenters. The molecule has 0 radical (unpaired) electrons. The summed E-state index contributed by atoms with van der Waals surface area (Å²) in [5.74, 6) is 0.0476. The van der Waals surface area contributed by atoms with Crippen molar-refractivity contribution >= 4 is 64.2 Å². The number of aliphatic hydroxyl groups is 1. The van der Waals surface area contributed by atoms with Gasteiger partial charge >= 0.3 is 17.9 Å². The van der Waals surface area contributed by atoms with E-state index in [4.69, 9.17) is 49.2 Å². The number of hydrogen-bond acceptors (Lipinski definition) is 22. The smallest absolute Gasteiger partial charge is 0.309 e. The van der Waals surface area contributed by atoms with Crippen LogP contribution in [0.3, 0.4) is 0 Å². The van der Waals surface area contributed by atoms with Gasteiger partial charge in [0.1, 0.15) is 12.0 Å². The highest BCUT2D eigenvalue weighted by atomic mass is 35.5. The molecule has 4 aromatic rings. The molecule has 12 fully saturated rings. The van der Waals surface area contributed by atoms with Gasteiger partial charge in [0.05, 0.1) is 72.7 Å². The van der Waals surface area contributed by atoms with Crippen molar-refractivity contribution in [2.45, 2.75) is 394 Å². The summed E-state index contributed by atoms with van der Waals surface area (Å²) >= 11 is 6.42. The normalized spacial score (nSPS) is 47.5. The topological polar surface area (TPSA) is 376 Å². The molecule has 4 N–H and O–H groups in total. The van der Waals surface area contributed by atoms with Crippen LogP contribution in [-0.2, 0) is 110 Å². The third-order valence-electron chi connectivity index (χ3n) is 51.0. The van der Waals surface area contributed by atoms with E-state index in [0.717, 1.165) is 206 Å². The van der Waals surface area contributed by atoms with Crippen LogP contribution >= 0.6 is 11.6 Å². The molecule has 0 unspecified atom stereocenters. The molecule has 818 valence electrons. The van der Waals surface area contributed by atoms with E-state index in [1.54, 1.807) is 24.8 Å². The molecule has 4 aromatic heterocycles. The Morgan fingerprint density at radius 1 is 0.347 bits per heavy atom. The molecule has 0 spiro atoms. The molecule has 0 bridgehead atoms. The molecule has 0 saturated heterocycles. The second-order valence-corrected chi connectivity index (χ2v) is 60.0. The Kier molecular flexibility index (Phi) is 24.4. The zero-order valence-corrected chi connectivity index (χ0v) is 95.1. The van der Waals surface area contributed by atoms with E-state index < -0.39 is 61.6 Å². The molecule has 26 heteroatoms. The summed E-state index contributed by atoms with van der Waals surface area (Å²) in [6.45, 7) is 53.8. The average Bonchev–Trinajstić information content (AvgIpc) is 0.912. The zero-order chi connectivity index (χ0) is 109. The molecule has 12 saturated carbocycles. The number of halogens is 1. The van der Waals surface area contributed by atoms with Gasteiger partial charge in [0.15, 0.2) is 51.6 Å². The number of rotatable bonds is 10. The minimum absolute atomic E-state index is 0.0144. The Bertz CT molecular complexity index is 6250.